The number of pyridine rings is 1. The lowest BCUT2D eigenvalue weighted by Gasteiger charge is -2.25. The van der Waals surface area contributed by atoms with E-state index in [1.807, 2.05) is 6.92 Å². The van der Waals surface area contributed by atoms with Crippen LogP contribution in [0.2, 0.25) is 0 Å². The molecule has 13 heteroatoms. The SMILES string of the molecule is CCCCOCC.CN(Cc1cc2cc(-c3cc(C(C)(C)S(C)(=O)=O)cc(N)n3)ccc2n1S(=O)(=O)c1ccccc1)C(=O)OC(C)(C)C. The Morgan fingerprint density at radius 3 is 2.16 bits per heavy atom. The van der Waals surface area contributed by atoms with E-state index in [9.17, 15) is 21.6 Å². The number of benzene rings is 2. The van der Waals surface area contributed by atoms with Gasteiger partial charge in [-0.15, -0.1) is 0 Å². The maximum atomic E-state index is 13.9. The predicted octanol–water partition coefficient (Wildman–Crippen LogP) is 6.99. The van der Waals surface area contributed by atoms with E-state index in [4.69, 9.17) is 15.2 Å². The monoisotopic (exact) mass is 714 g/mol. The van der Waals surface area contributed by atoms with Gasteiger partial charge >= 0.3 is 6.09 Å². The average molecular weight is 715 g/mol. The largest absolute Gasteiger partial charge is 0.444 e. The molecule has 2 aromatic carbocycles. The number of hydrogen-bond acceptors (Lipinski definition) is 9. The summed E-state index contributed by atoms with van der Waals surface area (Å²) in [6.45, 7) is 14.4. The molecule has 4 rings (SSSR count). The molecule has 0 spiro atoms. The summed E-state index contributed by atoms with van der Waals surface area (Å²) >= 11 is 0. The summed E-state index contributed by atoms with van der Waals surface area (Å²) in [6.07, 6.45) is 3.01. The summed E-state index contributed by atoms with van der Waals surface area (Å²) in [5.41, 5.74) is 7.64. The van der Waals surface area contributed by atoms with Crippen molar-refractivity contribution < 1.29 is 31.1 Å². The van der Waals surface area contributed by atoms with Crippen molar-refractivity contribution in [2.45, 2.75) is 83.1 Å². The molecular weight excluding hydrogens is 665 g/mol. The Kier molecular flexibility index (Phi) is 12.7. The molecule has 268 valence electrons. The van der Waals surface area contributed by atoms with E-state index in [0.29, 0.717) is 33.4 Å². The molecular formula is C36H50N4O7S2. The number of unbranched alkanes of at least 4 members (excludes halogenated alkanes) is 1. The normalized spacial score (nSPS) is 12.3. The molecule has 1 amide bonds. The Bertz CT molecular complexity index is 1960. The number of fused-ring (bicyclic) bond motifs is 1. The van der Waals surface area contributed by atoms with Crippen molar-refractivity contribution in [2.75, 3.05) is 32.3 Å². The molecule has 0 aliphatic rings. The zero-order valence-corrected chi connectivity index (χ0v) is 31.6. The highest BCUT2D eigenvalue weighted by Crippen LogP contribution is 2.35. The fourth-order valence-corrected chi connectivity index (χ4v) is 6.90. The van der Waals surface area contributed by atoms with Crippen molar-refractivity contribution in [3.05, 3.63) is 78.0 Å². The lowest BCUT2D eigenvalue weighted by atomic mass is 10.00. The highest BCUT2D eigenvalue weighted by Gasteiger charge is 2.33. The number of hydrogen-bond donors (Lipinski definition) is 1. The molecule has 4 aromatic rings. The average Bonchev–Trinajstić information content (AvgIpc) is 3.38. The van der Waals surface area contributed by atoms with Crippen LogP contribution in [0.15, 0.2) is 71.6 Å². The molecule has 2 aromatic heterocycles. The van der Waals surface area contributed by atoms with Crippen LogP contribution in [0.4, 0.5) is 10.6 Å². The minimum Gasteiger partial charge on any atom is -0.444 e. The Hall–Kier alpha value is -3.94. The third kappa shape index (κ3) is 9.83. The van der Waals surface area contributed by atoms with Gasteiger partial charge in [0.2, 0.25) is 0 Å². The Morgan fingerprint density at radius 2 is 1.59 bits per heavy atom. The van der Waals surface area contributed by atoms with Crippen LogP contribution in [0.25, 0.3) is 22.2 Å². The van der Waals surface area contributed by atoms with Gasteiger partial charge in [0.1, 0.15) is 11.4 Å². The second-order valence-electron chi connectivity index (χ2n) is 13.3. The van der Waals surface area contributed by atoms with Crippen LogP contribution in [-0.4, -0.2) is 68.9 Å². The summed E-state index contributed by atoms with van der Waals surface area (Å²) in [6, 6.07) is 18.1. The lowest BCUT2D eigenvalue weighted by Crippen LogP contribution is -2.34. The van der Waals surface area contributed by atoms with E-state index in [1.54, 1.807) is 90.2 Å². The molecule has 2 N–H and O–H groups in total. The lowest BCUT2D eigenvalue weighted by molar-refractivity contribution is 0.0282. The first-order valence-electron chi connectivity index (χ1n) is 16.2. The second kappa shape index (κ2) is 15.7. The molecule has 0 fully saturated rings. The highest BCUT2D eigenvalue weighted by molar-refractivity contribution is 7.91. The van der Waals surface area contributed by atoms with E-state index in [1.165, 1.54) is 46.2 Å². The number of carbonyl (C=O) groups is 1. The number of anilines is 1. The number of carbonyl (C=O) groups excluding carboxylic acids is 1. The first kappa shape index (κ1) is 39.5. The predicted molar refractivity (Wildman–Crippen MR) is 196 cm³/mol. The molecule has 11 nitrogen and oxygen atoms in total. The third-order valence-corrected chi connectivity index (χ3v) is 11.7. The van der Waals surface area contributed by atoms with Gasteiger partial charge < -0.3 is 20.1 Å². The summed E-state index contributed by atoms with van der Waals surface area (Å²) in [5, 5.41) is 0.577. The van der Waals surface area contributed by atoms with Crippen LogP contribution in [0, 0.1) is 0 Å². The zero-order valence-electron chi connectivity index (χ0n) is 30.0. The second-order valence-corrected chi connectivity index (χ2v) is 17.7. The van der Waals surface area contributed by atoms with E-state index >= 15 is 0 Å². The van der Waals surface area contributed by atoms with Crippen LogP contribution < -0.4 is 5.73 Å². The summed E-state index contributed by atoms with van der Waals surface area (Å²) in [5.74, 6) is 0.156. The van der Waals surface area contributed by atoms with Crippen molar-refractivity contribution in [3.8, 4) is 11.3 Å². The number of rotatable bonds is 11. The number of nitrogens with zero attached hydrogens (tertiary/aromatic N) is 3. The molecule has 0 bridgehead atoms. The van der Waals surface area contributed by atoms with Crippen molar-refractivity contribution in [3.63, 3.8) is 0 Å². The van der Waals surface area contributed by atoms with Crippen molar-refractivity contribution >= 4 is 42.7 Å². The first-order valence-corrected chi connectivity index (χ1v) is 19.5. The van der Waals surface area contributed by atoms with Crippen molar-refractivity contribution in [1.82, 2.24) is 13.9 Å². The third-order valence-electron chi connectivity index (χ3n) is 7.82. The van der Waals surface area contributed by atoms with E-state index in [2.05, 4.69) is 11.9 Å². The van der Waals surface area contributed by atoms with Crippen molar-refractivity contribution in [1.29, 1.82) is 0 Å². The Balaban J connectivity index is 0.000000838. The quantitative estimate of drug-likeness (QED) is 0.162. The molecule has 0 aliphatic carbocycles. The fourth-order valence-electron chi connectivity index (χ4n) is 4.80. The molecule has 0 atom stereocenters. The maximum absolute atomic E-state index is 13.9. The van der Waals surface area contributed by atoms with E-state index in [-0.39, 0.29) is 17.3 Å². The van der Waals surface area contributed by atoms with Gasteiger partial charge in [-0.3, -0.25) is 0 Å². The standard InChI is InChI=1S/C30H36N4O6S2.C6H14O/c1-29(2,3)40-28(35)33(6)19-23-16-21-15-20(25-17-22(18-27(31)32-25)30(4,5)41(7,36)37)13-14-26(21)34(23)42(38,39)24-11-9-8-10-12-24;1-3-5-6-7-4-2/h8-18H,19H2,1-7H3,(H2,31,32);3-6H2,1-2H3. The van der Waals surface area contributed by atoms with Gasteiger partial charge in [0.05, 0.1) is 33.1 Å². The van der Waals surface area contributed by atoms with Gasteiger partial charge in [-0.05, 0) is 96.0 Å². The minimum absolute atomic E-state index is 0.0474. The fraction of sp³-hybridized carbons (Fsp3) is 0.444. The number of ether oxygens (including phenoxy) is 2. The van der Waals surface area contributed by atoms with Crippen LogP contribution in [0.1, 0.15) is 72.6 Å². The smallest absolute Gasteiger partial charge is 0.410 e. The minimum atomic E-state index is -4.05. The van der Waals surface area contributed by atoms with Crippen molar-refractivity contribution in [2.24, 2.45) is 0 Å². The summed E-state index contributed by atoms with van der Waals surface area (Å²) in [7, 11) is -5.99. The van der Waals surface area contributed by atoms with Gasteiger partial charge in [-0.2, -0.15) is 0 Å². The van der Waals surface area contributed by atoms with Gasteiger partial charge in [-0.25, -0.2) is 30.6 Å². The topological polar surface area (TPSA) is 151 Å². The number of sulfone groups is 1. The van der Waals surface area contributed by atoms with Crippen LogP contribution in [0.5, 0.6) is 0 Å². The van der Waals surface area contributed by atoms with Gasteiger partial charge in [0.25, 0.3) is 10.0 Å². The van der Waals surface area contributed by atoms with Gasteiger partial charge in [0.15, 0.2) is 9.84 Å². The number of amides is 1. The molecule has 0 unspecified atom stereocenters. The van der Waals surface area contributed by atoms with Gasteiger partial charge in [-0.1, -0.05) is 37.6 Å². The summed E-state index contributed by atoms with van der Waals surface area (Å²) in [4.78, 5) is 18.6. The summed E-state index contributed by atoms with van der Waals surface area (Å²) < 4.78 is 63.4. The molecule has 2 heterocycles. The molecule has 0 saturated heterocycles. The van der Waals surface area contributed by atoms with E-state index in [0.717, 1.165) is 13.2 Å². The molecule has 0 saturated carbocycles. The molecule has 0 aliphatic heterocycles. The maximum Gasteiger partial charge on any atom is 0.410 e. The number of nitrogen functional groups attached to an aromatic ring is 1. The zero-order chi connectivity index (χ0) is 36.8. The van der Waals surface area contributed by atoms with Gasteiger partial charge in [0, 0.05) is 37.5 Å². The van der Waals surface area contributed by atoms with Crippen LogP contribution in [0.3, 0.4) is 0 Å². The van der Waals surface area contributed by atoms with Crippen LogP contribution in [-0.2, 0) is 40.6 Å². The molecule has 0 radical (unpaired) electrons. The first-order chi connectivity index (χ1) is 22.7. The number of nitrogens with two attached hydrogens (primary N) is 1. The Labute approximate surface area is 291 Å². The van der Waals surface area contributed by atoms with Crippen LogP contribution >= 0.6 is 0 Å². The molecule has 49 heavy (non-hydrogen) atoms. The number of aromatic nitrogens is 2. The highest BCUT2D eigenvalue weighted by atomic mass is 32.2. The Morgan fingerprint density at radius 1 is 0.939 bits per heavy atom. The van der Waals surface area contributed by atoms with E-state index < -0.39 is 36.3 Å².